The summed E-state index contributed by atoms with van der Waals surface area (Å²) in [6.07, 6.45) is 0.334. The van der Waals surface area contributed by atoms with E-state index in [0.717, 1.165) is 21.3 Å². The summed E-state index contributed by atoms with van der Waals surface area (Å²) in [4.78, 5) is 12.0. The third-order valence-electron chi connectivity index (χ3n) is 5.31. The molecule has 0 unspecified atom stereocenters. The third-order valence-corrected chi connectivity index (χ3v) is 8.51. The Morgan fingerprint density at radius 2 is 2.03 bits per heavy atom. The molecular formula is C20H24FIN6O3S. The van der Waals surface area contributed by atoms with Gasteiger partial charge in [-0.2, -0.15) is 14.4 Å². The van der Waals surface area contributed by atoms with Gasteiger partial charge < -0.3 is 15.0 Å². The number of rotatable bonds is 6. The number of nitrogen functional groups attached to an aromatic ring is 1. The lowest BCUT2D eigenvalue weighted by Gasteiger charge is -2.20. The monoisotopic (exact) mass is 574 g/mol. The van der Waals surface area contributed by atoms with Crippen LogP contribution in [0.15, 0.2) is 12.1 Å². The number of ether oxygens (including phenoxy) is 1. The van der Waals surface area contributed by atoms with Crippen molar-refractivity contribution in [1.29, 1.82) is 0 Å². The van der Waals surface area contributed by atoms with Gasteiger partial charge in [0.05, 0.1) is 11.4 Å². The van der Waals surface area contributed by atoms with Gasteiger partial charge in [0, 0.05) is 29.5 Å². The van der Waals surface area contributed by atoms with Crippen molar-refractivity contribution in [2.24, 2.45) is 0 Å². The molecule has 0 radical (unpaired) electrons. The molecule has 172 valence electrons. The van der Waals surface area contributed by atoms with E-state index >= 15 is 0 Å². The smallest absolute Gasteiger partial charge is 0.312 e. The number of fused-ring (bicyclic) bond motifs is 2. The summed E-state index contributed by atoms with van der Waals surface area (Å²) in [6, 6.07) is 4.09. The van der Waals surface area contributed by atoms with E-state index in [1.165, 1.54) is 5.56 Å². The Labute approximate surface area is 199 Å². The second-order valence-corrected chi connectivity index (χ2v) is 12.2. The van der Waals surface area contributed by atoms with Crippen LogP contribution >= 0.6 is 22.6 Å². The number of anilines is 1. The lowest BCUT2D eigenvalue weighted by molar-refractivity contribution is 0.356. The summed E-state index contributed by atoms with van der Waals surface area (Å²) < 4.78 is 48.9. The highest BCUT2D eigenvalue weighted by atomic mass is 127. The second-order valence-electron chi connectivity index (χ2n) is 8.57. The van der Waals surface area contributed by atoms with Gasteiger partial charge in [0.15, 0.2) is 17.0 Å². The summed E-state index contributed by atoms with van der Waals surface area (Å²) in [5.41, 5.74) is 8.56. The molecule has 0 saturated carbocycles. The SMILES string of the molecule is CC(C)(C)S(=O)(=O)NCCn1c(Cc2cc3c(cc2I)CCO3)nc2c(N)nc(F)nc21. The van der Waals surface area contributed by atoms with E-state index in [2.05, 4.69) is 48.3 Å². The van der Waals surface area contributed by atoms with Crippen LogP contribution in [0.4, 0.5) is 10.2 Å². The van der Waals surface area contributed by atoms with Crippen LogP contribution in [0.25, 0.3) is 11.2 Å². The highest BCUT2D eigenvalue weighted by molar-refractivity contribution is 14.1. The Morgan fingerprint density at radius 3 is 2.75 bits per heavy atom. The maximum atomic E-state index is 13.9. The molecule has 3 aromatic rings. The quantitative estimate of drug-likeness (QED) is 0.342. The van der Waals surface area contributed by atoms with Crippen LogP contribution in [0.3, 0.4) is 0 Å². The normalized spacial score (nSPS) is 14.0. The molecule has 32 heavy (non-hydrogen) atoms. The second kappa shape index (κ2) is 8.37. The molecule has 0 spiro atoms. The minimum absolute atomic E-state index is 0.0604. The molecule has 0 fully saturated rings. The number of halogens is 2. The fraction of sp³-hybridized carbons (Fsp3) is 0.450. The number of imidazole rings is 1. The number of sulfonamides is 1. The van der Waals surface area contributed by atoms with Gasteiger partial charge in [0.2, 0.25) is 10.0 Å². The predicted molar refractivity (Wildman–Crippen MR) is 128 cm³/mol. The first-order valence-corrected chi connectivity index (χ1v) is 12.6. The predicted octanol–water partition coefficient (Wildman–Crippen LogP) is 2.40. The molecule has 4 rings (SSSR count). The summed E-state index contributed by atoms with van der Waals surface area (Å²) in [5.74, 6) is 1.37. The number of aromatic nitrogens is 4. The summed E-state index contributed by atoms with van der Waals surface area (Å²) in [7, 11) is -3.54. The summed E-state index contributed by atoms with van der Waals surface area (Å²) in [6.45, 7) is 5.81. The minimum atomic E-state index is -3.54. The van der Waals surface area contributed by atoms with Crippen LogP contribution in [-0.4, -0.2) is 45.8 Å². The van der Waals surface area contributed by atoms with Gasteiger partial charge in [0.25, 0.3) is 0 Å². The first-order chi connectivity index (χ1) is 15.0. The maximum Gasteiger partial charge on any atom is 0.312 e. The van der Waals surface area contributed by atoms with Gasteiger partial charge in [-0.1, -0.05) is 0 Å². The molecule has 3 N–H and O–H groups in total. The molecule has 12 heteroatoms. The molecule has 1 aromatic carbocycles. The zero-order chi connectivity index (χ0) is 23.3. The largest absolute Gasteiger partial charge is 0.493 e. The van der Waals surface area contributed by atoms with E-state index in [1.54, 1.807) is 25.3 Å². The van der Waals surface area contributed by atoms with Crippen molar-refractivity contribution in [3.8, 4) is 5.75 Å². The van der Waals surface area contributed by atoms with Crippen molar-refractivity contribution in [2.75, 3.05) is 18.9 Å². The van der Waals surface area contributed by atoms with E-state index in [1.807, 2.05) is 6.07 Å². The Morgan fingerprint density at radius 1 is 1.28 bits per heavy atom. The van der Waals surface area contributed by atoms with Crippen molar-refractivity contribution in [2.45, 2.75) is 44.9 Å². The summed E-state index contributed by atoms with van der Waals surface area (Å²) >= 11 is 2.27. The molecule has 0 bridgehead atoms. The van der Waals surface area contributed by atoms with Gasteiger partial charge in [0.1, 0.15) is 11.6 Å². The average Bonchev–Trinajstić information content (AvgIpc) is 3.26. The number of hydrogen-bond donors (Lipinski definition) is 2. The minimum Gasteiger partial charge on any atom is -0.493 e. The lowest BCUT2D eigenvalue weighted by atomic mass is 10.1. The van der Waals surface area contributed by atoms with Crippen molar-refractivity contribution in [1.82, 2.24) is 24.2 Å². The van der Waals surface area contributed by atoms with Gasteiger partial charge in [-0.15, -0.1) is 0 Å². The maximum absolute atomic E-state index is 13.9. The van der Waals surface area contributed by atoms with Crippen LogP contribution < -0.4 is 15.2 Å². The average molecular weight is 574 g/mol. The summed E-state index contributed by atoms with van der Waals surface area (Å²) in [5, 5.41) is 0. The zero-order valence-electron chi connectivity index (χ0n) is 17.9. The van der Waals surface area contributed by atoms with E-state index in [9.17, 15) is 12.8 Å². The van der Waals surface area contributed by atoms with Gasteiger partial charge in [-0.05, 0) is 66.6 Å². The molecule has 9 nitrogen and oxygen atoms in total. The topological polar surface area (TPSA) is 125 Å². The fourth-order valence-electron chi connectivity index (χ4n) is 3.46. The molecular weight excluding hydrogens is 550 g/mol. The molecule has 1 aliphatic rings. The van der Waals surface area contributed by atoms with Gasteiger partial charge in [-0.25, -0.2) is 18.1 Å². The standard InChI is InChI=1S/C20H24FIN6O3S/c1-20(2,3)32(29,30)24-5-6-28-15(25-16-17(23)26-19(21)27-18(16)28)10-12-9-14-11(4-7-31-14)8-13(12)22/h8-9,24H,4-7,10H2,1-3H3,(H2,23,26,27). The highest BCUT2D eigenvalue weighted by Gasteiger charge is 2.28. The molecule has 1 aliphatic heterocycles. The van der Waals surface area contributed by atoms with Crippen LogP contribution in [0.1, 0.15) is 37.7 Å². The Bertz CT molecular complexity index is 1300. The van der Waals surface area contributed by atoms with Crippen LogP contribution in [0.2, 0.25) is 0 Å². The van der Waals surface area contributed by atoms with E-state index < -0.39 is 20.8 Å². The highest BCUT2D eigenvalue weighted by Crippen LogP contribution is 2.31. The van der Waals surface area contributed by atoms with Crippen molar-refractivity contribution in [3.05, 3.63) is 38.7 Å². The number of nitrogens with one attached hydrogen (secondary N) is 1. The first-order valence-electron chi connectivity index (χ1n) is 10.1. The zero-order valence-corrected chi connectivity index (χ0v) is 20.9. The Hall–Kier alpha value is -2.06. The van der Waals surface area contributed by atoms with E-state index in [0.29, 0.717) is 18.9 Å². The van der Waals surface area contributed by atoms with E-state index in [-0.39, 0.29) is 30.1 Å². The van der Waals surface area contributed by atoms with Crippen LogP contribution in [0.5, 0.6) is 5.75 Å². The Balaban J connectivity index is 1.70. The van der Waals surface area contributed by atoms with Crippen molar-refractivity contribution in [3.63, 3.8) is 0 Å². The first kappa shape index (κ1) is 23.1. The Kier molecular flexibility index (Phi) is 6.05. The van der Waals surface area contributed by atoms with Gasteiger partial charge >= 0.3 is 6.08 Å². The molecule has 0 atom stereocenters. The van der Waals surface area contributed by atoms with Crippen molar-refractivity contribution >= 4 is 49.6 Å². The van der Waals surface area contributed by atoms with Crippen LogP contribution in [0, 0.1) is 9.65 Å². The molecule has 0 amide bonds. The number of hydrogen-bond acceptors (Lipinski definition) is 7. The molecule has 3 heterocycles. The number of benzene rings is 1. The van der Waals surface area contributed by atoms with Gasteiger partial charge in [-0.3, -0.25) is 0 Å². The molecule has 0 aliphatic carbocycles. The third kappa shape index (κ3) is 4.39. The molecule has 2 aromatic heterocycles. The number of nitrogens with zero attached hydrogens (tertiary/aromatic N) is 4. The van der Waals surface area contributed by atoms with Crippen molar-refractivity contribution < 1.29 is 17.5 Å². The van der Waals surface area contributed by atoms with E-state index in [4.69, 9.17) is 10.5 Å². The fourth-order valence-corrected chi connectivity index (χ4v) is 4.98. The molecule has 0 saturated heterocycles. The lowest BCUT2D eigenvalue weighted by Crippen LogP contribution is -2.40. The number of nitrogens with two attached hydrogens (primary N) is 1. The van der Waals surface area contributed by atoms with Crippen LogP contribution in [-0.2, 0) is 29.4 Å².